The molecule has 3 rings (SSSR count). The van der Waals surface area contributed by atoms with Crippen molar-refractivity contribution in [2.75, 3.05) is 0 Å². The lowest BCUT2D eigenvalue weighted by Crippen LogP contribution is -2.12. The molecule has 18 heavy (non-hydrogen) atoms. The summed E-state index contributed by atoms with van der Waals surface area (Å²) in [5.74, 6) is 0. The summed E-state index contributed by atoms with van der Waals surface area (Å²) in [5, 5.41) is 11.3. The summed E-state index contributed by atoms with van der Waals surface area (Å²) < 4.78 is 0. The number of pyridine rings is 1. The van der Waals surface area contributed by atoms with Crippen LogP contribution in [-0.4, -0.2) is 15.2 Å². The van der Waals surface area contributed by atoms with Crippen LogP contribution in [0.25, 0.3) is 10.9 Å². The molecule has 2 N–H and O–H groups in total. The zero-order valence-electron chi connectivity index (χ0n) is 9.93. The van der Waals surface area contributed by atoms with Crippen LogP contribution in [0.15, 0.2) is 48.9 Å². The van der Waals surface area contributed by atoms with Gasteiger partial charge in [0.05, 0.1) is 11.7 Å². The first-order valence-corrected chi connectivity index (χ1v) is 5.94. The maximum Gasteiger partial charge on any atom is 0.0705 e. The Balaban J connectivity index is 1.74. The van der Waals surface area contributed by atoms with Crippen LogP contribution in [0, 0.1) is 0 Å². The average molecular weight is 238 g/mol. The molecule has 1 aromatic carbocycles. The average Bonchev–Trinajstić information content (AvgIpc) is 2.92. The monoisotopic (exact) mass is 238 g/mol. The van der Waals surface area contributed by atoms with Crippen molar-refractivity contribution >= 4 is 10.9 Å². The maximum atomic E-state index is 4.36. The lowest BCUT2D eigenvalue weighted by molar-refractivity contribution is 0.696. The maximum absolute atomic E-state index is 4.36. The summed E-state index contributed by atoms with van der Waals surface area (Å²) in [4.78, 5) is 4.36. The Morgan fingerprint density at radius 3 is 2.94 bits per heavy atom. The van der Waals surface area contributed by atoms with Crippen LogP contribution in [0.3, 0.4) is 0 Å². The highest BCUT2D eigenvalue weighted by Gasteiger charge is 2.01. The predicted octanol–water partition coefficient (Wildman–Crippen LogP) is 2.25. The van der Waals surface area contributed by atoms with E-state index in [-0.39, 0.29) is 0 Å². The van der Waals surface area contributed by atoms with Crippen LogP contribution in [0.5, 0.6) is 0 Å². The Labute approximate surface area is 105 Å². The van der Waals surface area contributed by atoms with Crippen LogP contribution in [0.1, 0.15) is 11.1 Å². The number of nitrogens with one attached hydrogen (secondary N) is 2. The molecule has 0 radical (unpaired) electrons. The van der Waals surface area contributed by atoms with Crippen molar-refractivity contribution in [3.8, 4) is 0 Å². The van der Waals surface area contributed by atoms with Gasteiger partial charge in [-0.05, 0) is 17.7 Å². The Kier molecular flexibility index (Phi) is 3.02. The van der Waals surface area contributed by atoms with E-state index >= 15 is 0 Å². The van der Waals surface area contributed by atoms with Crippen LogP contribution < -0.4 is 5.32 Å². The summed E-state index contributed by atoms with van der Waals surface area (Å²) in [5.41, 5.74) is 3.47. The minimum absolute atomic E-state index is 0.813. The van der Waals surface area contributed by atoms with E-state index in [1.807, 2.05) is 36.8 Å². The number of rotatable bonds is 4. The van der Waals surface area contributed by atoms with E-state index in [4.69, 9.17) is 0 Å². The molecule has 0 amide bonds. The highest BCUT2D eigenvalue weighted by Crippen LogP contribution is 2.15. The van der Waals surface area contributed by atoms with E-state index in [9.17, 15) is 0 Å². The Hall–Kier alpha value is -2.20. The zero-order chi connectivity index (χ0) is 12.2. The molecule has 0 fully saturated rings. The van der Waals surface area contributed by atoms with E-state index in [0.29, 0.717) is 0 Å². The molecule has 0 aliphatic rings. The third kappa shape index (κ3) is 2.24. The van der Waals surface area contributed by atoms with Crippen molar-refractivity contribution in [3.05, 3.63) is 60.0 Å². The SMILES string of the molecule is c1ccc2c(CNCc3cn[nH]c3)ccnc2c1. The van der Waals surface area contributed by atoms with Crippen molar-refractivity contribution < 1.29 is 0 Å². The van der Waals surface area contributed by atoms with Gasteiger partial charge in [-0.1, -0.05) is 18.2 Å². The first-order chi connectivity index (χ1) is 8.93. The second-order valence-corrected chi connectivity index (χ2v) is 4.20. The van der Waals surface area contributed by atoms with Gasteiger partial charge in [0.25, 0.3) is 0 Å². The second kappa shape index (κ2) is 4.98. The lowest BCUT2D eigenvalue weighted by Gasteiger charge is -2.06. The molecule has 2 aromatic heterocycles. The number of aromatic amines is 1. The number of fused-ring (bicyclic) bond motifs is 1. The number of para-hydroxylation sites is 1. The van der Waals surface area contributed by atoms with Gasteiger partial charge in [-0.25, -0.2) is 0 Å². The summed E-state index contributed by atoms with van der Waals surface area (Å²) in [6, 6.07) is 10.3. The van der Waals surface area contributed by atoms with Gasteiger partial charge in [0.2, 0.25) is 0 Å². The molecular weight excluding hydrogens is 224 g/mol. The largest absolute Gasteiger partial charge is 0.308 e. The van der Waals surface area contributed by atoms with Crippen molar-refractivity contribution in [2.24, 2.45) is 0 Å². The van der Waals surface area contributed by atoms with E-state index in [0.717, 1.165) is 24.2 Å². The van der Waals surface area contributed by atoms with Crippen LogP contribution in [0.2, 0.25) is 0 Å². The van der Waals surface area contributed by atoms with Gasteiger partial charge in [0.1, 0.15) is 0 Å². The molecule has 0 unspecified atom stereocenters. The fourth-order valence-corrected chi connectivity index (χ4v) is 2.03. The van der Waals surface area contributed by atoms with E-state index < -0.39 is 0 Å². The predicted molar refractivity (Wildman–Crippen MR) is 70.9 cm³/mol. The molecule has 4 heteroatoms. The summed E-state index contributed by atoms with van der Waals surface area (Å²) in [7, 11) is 0. The van der Waals surface area contributed by atoms with Gasteiger partial charge in [0, 0.05) is 36.4 Å². The van der Waals surface area contributed by atoms with Crippen LogP contribution in [0.4, 0.5) is 0 Å². The third-order valence-electron chi connectivity index (χ3n) is 2.94. The van der Waals surface area contributed by atoms with Gasteiger partial charge >= 0.3 is 0 Å². The summed E-state index contributed by atoms with van der Waals surface area (Å²) in [6.45, 7) is 1.64. The van der Waals surface area contributed by atoms with Crippen molar-refractivity contribution in [2.45, 2.75) is 13.1 Å². The Bertz CT molecular complexity index is 626. The molecular formula is C14H14N4. The lowest BCUT2D eigenvalue weighted by atomic mass is 10.1. The van der Waals surface area contributed by atoms with Gasteiger partial charge in [-0.15, -0.1) is 0 Å². The quantitative estimate of drug-likeness (QED) is 0.733. The number of benzene rings is 1. The molecule has 0 atom stereocenters. The normalized spacial score (nSPS) is 10.9. The van der Waals surface area contributed by atoms with Crippen molar-refractivity contribution in [1.82, 2.24) is 20.5 Å². The first kappa shape index (κ1) is 10.9. The highest BCUT2D eigenvalue weighted by atomic mass is 15.1. The summed E-state index contributed by atoms with van der Waals surface area (Å²) in [6.07, 6.45) is 5.59. The molecule has 0 aliphatic heterocycles. The molecule has 90 valence electrons. The second-order valence-electron chi connectivity index (χ2n) is 4.20. The Morgan fingerprint density at radius 1 is 1.11 bits per heavy atom. The van der Waals surface area contributed by atoms with Gasteiger partial charge < -0.3 is 5.32 Å². The molecule has 0 aliphatic carbocycles. The number of aromatic nitrogens is 3. The molecule has 0 saturated heterocycles. The number of hydrogen-bond acceptors (Lipinski definition) is 3. The van der Waals surface area contributed by atoms with Crippen LogP contribution in [-0.2, 0) is 13.1 Å². The van der Waals surface area contributed by atoms with E-state index in [2.05, 4.69) is 32.6 Å². The standard InChI is InChI=1S/C14H14N4/c1-2-4-14-13(3-1)12(5-6-16-14)10-15-7-11-8-17-18-9-11/h1-6,8-9,15H,7,10H2,(H,17,18). The van der Waals surface area contributed by atoms with Gasteiger partial charge in [0.15, 0.2) is 0 Å². The molecule has 0 saturated carbocycles. The fraction of sp³-hybridized carbons (Fsp3) is 0.143. The first-order valence-electron chi connectivity index (χ1n) is 5.94. The Morgan fingerprint density at radius 2 is 2.06 bits per heavy atom. The molecule has 4 nitrogen and oxygen atoms in total. The molecule has 0 bridgehead atoms. The summed E-state index contributed by atoms with van der Waals surface area (Å²) >= 11 is 0. The molecule has 3 aromatic rings. The molecule has 0 spiro atoms. The van der Waals surface area contributed by atoms with Gasteiger partial charge in [-0.3, -0.25) is 10.1 Å². The number of hydrogen-bond donors (Lipinski definition) is 2. The van der Waals surface area contributed by atoms with Crippen LogP contribution >= 0.6 is 0 Å². The fourth-order valence-electron chi connectivity index (χ4n) is 2.03. The zero-order valence-corrected chi connectivity index (χ0v) is 9.93. The number of nitrogens with zero attached hydrogens (tertiary/aromatic N) is 2. The minimum Gasteiger partial charge on any atom is -0.308 e. The van der Waals surface area contributed by atoms with Gasteiger partial charge in [-0.2, -0.15) is 5.10 Å². The van der Waals surface area contributed by atoms with E-state index in [1.165, 1.54) is 10.9 Å². The van der Waals surface area contributed by atoms with Crippen molar-refractivity contribution in [1.29, 1.82) is 0 Å². The van der Waals surface area contributed by atoms with E-state index in [1.54, 1.807) is 0 Å². The molecule has 2 heterocycles. The smallest absolute Gasteiger partial charge is 0.0705 e. The topological polar surface area (TPSA) is 53.6 Å². The van der Waals surface area contributed by atoms with Crippen molar-refractivity contribution in [3.63, 3.8) is 0 Å². The number of H-pyrrole nitrogens is 1. The highest BCUT2D eigenvalue weighted by molar-refractivity contribution is 5.81. The third-order valence-corrected chi connectivity index (χ3v) is 2.94. The minimum atomic E-state index is 0.813.